The molecule has 1 aromatic heterocycles. The van der Waals surface area contributed by atoms with Gasteiger partial charge in [0.2, 0.25) is 11.8 Å². The maximum atomic E-state index is 14.0. The van der Waals surface area contributed by atoms with E-state index >= 15 is 0 Å². The van der Waals surface area contributed by atoms with Crippen LogP contribution in [0.1, 0.15) is 37.7 Å². The Kier molecular flexibility index (Phi) is 5.55. The van der Waals surface area contributed by atoms with Crippen molar-refractivity contribution in [3.05, 3.63) is 42.0 Å². The summed E-state index contributed by atoms with van der Waals surface area (Å²) in [5.74, 6) is -0.171. The second-order valence-corrected chi connectivity index (χ2v) is 7.94. The van der Waals surface area contributed by atoms with Crippen molar-refractivity contribution in [2.45, 2.75) is 45.2 Å². The smallest absolute Gasteiger partial charge is 0.230 e. The second kappa shape index (κ2) is 8.26. The normalized spacial score (nSPS) is 21.9. The van der Waals surface area contributed by atoms with Crippen LogP contribution in [0.2, 0.25) is 0 Å². The molecule has 154 valence electrons. The Morgan fingerprint density at radius 1 is 1.21 bits per heavy atom. The molecule has 2 aliphatic rings. The molecule has 0 unspecified atom stereocenters. The topological polar surface area (TPSA) is 84.2 Å². The van der Waals surface area contributed by atoms with E-state index in [4.69, 9.17) is 0 Å². The molecule has 1 spiro atoms. The molecule has 9 heteroatoms. The van der Waals surface area contributed by atoms with Gasteiger partial charge in [0, 0.05) is 44.7 Å². The van der Waals surface area contributed by atoms with Gasteiger partial charge in [0.1, 0.15) is 12.1 Å². The highest BCUT2D eigenvalue weighted by molar-refractivity contribution is 5.86. The van der Waals surface area contributed by atoms with Crippen LogP contribution >= 0.6 is 0 Å². The molecule has 0 bridgehead atoms. The first-order valence-electron chi connectivity index (χ1n) is 10.1. The Hall–Kier alpha value is -2.84. The van der Waals surface area contributed by atoms with E-state index in [1.807, 2.05) is 4.90 Å². The lowest BCUT2D eigenvalue weighted by atomic mass is 9.78. The first-order valence-corrected chi connectivity index (χ1v) is 10.1. The van der Waals surface area contributed by atoms with Crippen LogP contribution in [0.4, 0.5) is 4.39 Å². The number of amides is 2. The number of piperidine rings is 1. The maximum absolute atomic E-state index is 14.0. The Bertz CT molecular complexity index is 874. The van der Waals surface area contributed by atoms with Gasteiger partial charge in [0.15, 0.2) is 0 Å². The summed E-state index contributed by atoms with van der Waals surface area (Å²) in [5, 5.41) is 10.9. The lowest BCUT2D eigenvalue weighted by Gasteiger charge is -2.39. The number of benzene rings is 1. The number of halogens is 1. The second-order valence-electron chi connectivity index (χ2n) is 7.94. The number of rotatable bonds is 6. The fourth-order valence-corrected chi connectivity index (χ4v) is 4.43. The van der Waals surface area contributed by atoms with Gasteiger partial charge in [-0.1, -0.05) is 18.2 Å². The lowest BCUT2D eigenvalue weighted by molar-refractivity contribution is -0.146. The molecule has 29 heavy (non-hydrogen) atoms. The van der Waals surface area contributed by atoms with Crippen LogP contribution < -0.4 is 0 Å². The summed E-state index contributed by atoms with van der Waals surface area (Å²) in [6, 6.07) is 6.58. The molecular formula is C20H25FN6O2. The highest BCUT2D eigenvalue weighted by Crippen LogP contribution is 2.40. The van der Waals surface area contributed by atoms with E-state index in [1.165, 1.54) is 12.4 Å². The number of hydrogen-bond acceptors (Lipinski definition) is 5. The molecule has 2 saturated heterocycles. The summed E-state index contributed by atoms with van der Waals surface area (Å²) in [7, 11) is 0. The van der Waals surface area contributed by atoms with Gasteiger partial charge in [0.25, 0.3) is 0 Å². The zero-order chi connectivity index (χ0) is 20.3. The fraction of sp³-hybridized carbons (Fsp3) is 0.550. The van der Waals surface area contributed by atoms with E-state index < -0.39 is 5.41 Å². The quantitative estimate of drug-likeness (QED) is 0.736. The third-order valence-corrected chi connectivity index (χ3v) is 6.02. The summed E-state index contributed by atoms with van der Waals surface area (Å²) in [5.41, 5.74) is 0.0149. The zero-order valence-electron chi connectivity index (χ0n) is 16.3. The Labute approximate surface area is 168 Å². The van der Waals surface area contributed by atoms with Crippen LogP contribution in [0.25, 0.3) is 0 Å². The van der Waals surface area contributed by atoms with Crippen LogP contribution in [0.5, 0.6) is 0 Å². The molecule has 2 fully saturated rings. The van der Waals surface area contributed by atoms with Crippen molar-refractivity contribution in [1.29, 1.82) is 0 Å². The highest BCUT2D eigenvalue weighted by Gasteiger charge is 2.49. The van der Waals surface area contributed by atoms with Gasteiger partial charge in [-0.3, -0.25) is 9.59 Å². The van der Waals surface area contributed by atoms with E-state index in [1.54, 1.807) is 27.8 Å². The van der Waals surface area contributed by atoms with Crippen LogP contribution in [0, 0.1) is 11.2 Å². The van der Waals surface area contributed by atoms with E-state index in [0.717, 1.165) is 12.8 Å². The average molecular weight is 400 g/mol. The first-order chi connectivity index (χ1) is 14.1. The first kappa shape index (κ1) is 19.5. The molecule has 3 heterocycles. The van der Waals surface area contributed by atoms with E-state index in [9.17, 15) is 14.0 Å². The predicted molar refractivity (Wildman–Crippen MR) is 102 cm³/mol. The maximum Gasteiger partial charge on any atom is 0.230 e. The van der Waals surface area contributed by atoms with Gasteiger partial charge >= 0.3 is 0 Å². The van der Waals surface area contributed by atoms with Crippen molar-refractivity contribution in [3.63, 3.8) is 0 Å². The lowest BCUT2D eigenvalue weighted by Crippen LogP contribution is -2.50. The molecule has 0 aliphatic carbocycles. The summed E-state index contributed by atoms with van der Waals surface area (Å²) < 4.78 is 15.6. The van der Waals surface area contributed by atoms with Gasteiger partial charge in [0.05, 0.1) is 5.41 Å². The number of aryl methyl sites for hydroxylation is 1. The van der Waals surface area contributed by atoms with Gasteiger partial charge in [-0.25, -0.2) is 9.07 Å². The minimum absolute atomic E-state index is 0.0518. The van der Waals surface area contributed by atoms with E-state index in [0.29, 0.717) is 51.0 Å². The van der Waals surface area contributed by atoms with Crippen molar-refractivity contribution in [2.24, 2.45) is 5.41 Å². The number of carbonyl (C=O) groups excluding carboxylic acids is 2. The summed E-state index contributed by atoms with van der Waals surface area (Å²) in [6.45, 7) is 2.57. The molecule has 2 amide bonds. The number of aromatic nitrogens is 4. The van der Waals surface area contributed by atoms with Crippen LogP contribution in [-0.2, 0) is 22.7 Å². The van der Waals surface area contributed by atoms with Crippen LogP contribution in [0.15, 0.2) is 30.6 Å². The SMILES string of the molecule is O=C(CCCn1cnnn1)N1CC[C@]2(CCCN(Cc3ccccc3F)C2=O)C1. The standard InChI is InChI=1S/C20H25FN6O2/c21-17-6-2-1-5-16(17)13-25-10-4-8-20(19(25)29)9-12-26(14-20)18(28)7-3-11-27-15-22-23-24-27/h1-2,5-6,15H,3-4,7-14H2/t20-/m1/s1. The number of likely N-dealkylation sites (tertiary alicyclic amines) is 2. The molecule has 4 rings (SSSR count). The molecule has 0 N–H and O–H groups in total. The molecule has 0 radical (unpaired) electrons. The number of tetrazole rings is 1. The van der Waals surface area contributed by atoms with E-state index in [-0.39, 0.29) is 24.2 Å². The van der Waals surface area contributed by atoms with Gasteiger partial charge in [-0.15, -0.1) is 5.10 Å². The Morgan fingerprint density at radius 3 is 2.86 bits per heavy atom. The molecular weight excluding hydrogens is 375 g/mol. The molecule has 1 aromatic carbocycles. The highest BCUT2D eigenvalue weighted by atomic mass is 19.1. The summed E-state index contributed by atoms with van der Waals surface area (Å²) >= 11 is 0. The largest absolute Gasteiger partial charge is 0.342 e. The van der Waals surface area contributed by atoms with Crippen molar-refractivity contribution < 1.29 is 14.0 Å². The van der Waals surface area contributed by atoms with Crippen molar-refractivity contribution in [2.75, 3.05) is 19.6 Å². The van der Waals surface area contributed by atoms with Gasteiger partial charge < -0.3 is 9.80 Å². The summed E-state index contributed by atoms with van der Waals surface area (Å²) in [6.07, 6.45) is 4.93. The average Bonchev–Trinajstić information content (AvgIpc) is 3.38. The monoisotopic (exact) mass is 400 g/mol. The molecule has 0 saturated carbocycles. The predicted octanol–water partition coefficient (Wildman–Crippen LogP) is 1.63. The number of carbonyl (C=O) groups is 2. The van der Waals surface area contributed by atoms with Crippen molar-refractivity contribution in [1.82, 2.24) is 30.0 Å². The van der Waals surface area contributed by atoms with Crippen LogP contribution in [-0.4, -0.2) is 61.5 Å². The Balaban J connectivity index is 1.35. The van der Waals surface area contributed by atoms with Crippen molar-refractivity contribution >= 4 is 11.8 Å². The van der Waals surface area contributed by atoms with Crippen molar-refractivity contribution in [3.8, 4) is 0 Å². The summed E-state index contributed by atoms with van der Waals surface area (Å²) in [4.78, 5) is 29.4. The van der Waals surface area contributed by atoms with Gasteiger partial charge in [-0.05, 0) is 42.2 Å². The van der Waals surface area contributed by atoms with Gasteiger partial charge in [-0.2, -0.15) is 0 Å². The molecule has 2 aromatic rings. The number of hydrogen-bond donors (Lipinski definition) is 0. The third-order valence-electron chi connectivity index (χ3n) is 6.02. The molecule has 8 nitrogen and oxygen atoms in total. The molecule has 1 atom stereocenters. The number of nitrogens with zero attached hydrogens (tertiary/aromatic N) is 6. The minimum atomic E-state index is -0.519. The molecule has 2 aliphatic heterocycles. The van der Waals surface area contributed by atoms with E-state index in [2.05, 4.69) is 15.5 Å². The third kappa shape index (κ3) is 4.13. The van der Waals surface area contributed by atoms with Crippen LogP contribution in [0.3, 0.4) is 0 Å². The Morgan fingerprint density at radius 2 is 2.07 bits per heavy atom. The fourth-order valence-electron chi connectivity index (χ4n) is 4.43. The minimum Gasteiger partial charge on any atom is -0.342 e. The zero-order valence-corrected chi connectivity index (χ0v) is 16.3.